The lowest BCUT2D eigenvalue weighted by molar-refractivity contribution is 0.0924. The van der Waals surface area contributed by atoms with Crippen molar-refractivity contribution < 1.29 is 4.74 Å². The maximum Gasteiger partial charge on any atom is 0.0621 e. The number of nitrogens with one attached hydrogen (secondary N) is 1. The standard InChI is InChI=1S/C14H18BrNO/c15-13-4-2-1-3-10(13)8-16-9-11-7-12-5-6-14(11)17-12/h1-4,11-12,14,16H,5-9H2. The van der Waals surface area contributed by atoms with Crippen LogP contribution in [-0.2, 0) is 11.3 Å². The molecule has 3 unspecified atom stereocenters. The van der Waals surface area contributed by atoms with Crippen molar-refractivity contribution in [3.63, 3.8) is 0 Å². The normalized spacial score (nSPS) is 31.0. The smallest absolute Gasteiger partial charge is 0.0621 e. The van der Waals surface area contributed by atoms with Gasteiger partial charge in [-0.1, -0.05) is 34.1 Å². The summed E-state index contributed by atoms with van der Waals surface area (Å²) >= 11 is 3.58. The van der Waals surface area contributed by atoms with Crippen LogP contribution in [0.2, 0.25) is 0 Å². The van der Waals surface area contributed by atoms with Gasteiger partial charge in [0.05, 0.1) is 12.2 Å². The minimum atomic E-state index is 0.534. The molecule has 17 heavy (non-hydrogen) atoms. The first kappa shape index (κ1) is 11.7. The molecule has 2 saturated heterocycles. The van der Waals surface area contributed by atoms with Gasteiger partial charge in [-0.3, -0.25) is 0 Å². The zero-order valence-electron chi connectivity index (χ0n) is 9.86. The van der Waals surface area contributed by atoms with Gasteiger partial charge in [0.1, 0.15) is 0 Å². The molecule has 2 aliphatic rings. The van der Waals surface area contributed by atoms with Crippen molar-refractivity contribution in [3.8, 4) is 0 Å². The third-order valence-corrected chi connectivity index (χ3v) is 4.69. The van der Waals surface area contributed by atoms with E-state index in [2.05, 4.69) is 45.5 Å². The van der Waals surface area contributed by atoms with Crippen molar-refractivity contribution in [3.05, 3.63) is 34.3 Å². The molecule has 1 aromatic rings. The lowest BCUT2D eigenvalue weighted by Gasteiger charge is -2.19. The van der Waals surface area contributed by atoms with E-state index in [0.29, 0.717) is 12.2 Å². The fourth-order valence-electron chi connectivity index (χ4n) is 2.99. The second-order valence-electron chi connectivity index (χ2n) is 5.09. The van der Waals surface area contributed by atoms with Gasteiger partial charge in [-0.25, -0.2) is 0 Å². The predicted octanol–water partition coefficient (Wildman–Crippen LogP) is 3.11. The van der Waals surface area contributed by atoms with Crippen molar-refractivity contribution in [1.82, 2.24) is 5.32 Å². The van der Waals surface area contributed by atoms with Crippen LogP contribution in [0.1, 0.15) is 24.8 Å². The summed E-state index contributed by atoms with van der Waals surface area (Å²) in [6, 6.07) is 8.39. The Kier molecular flexibility index (Phi) is 3.50. The molecule has 0 radical (unpaired) electrons. The average Bonchev–Trinajstić information content (AvgIpc) is 2.94. The Morgan fingerprint density at radius 2 is 2.18 bits per heavy atom. The van der Waals surface area contributed by atoms with Crippen LogP contribution in [0, 0.1) is 5.92 Å². The molecular weight excluding hydrogens is 278 g/mol. The Hall–Kier alpha value is -0.380. The quantitative estimate of drug-likeness (QED) is 0.922. The summed E-state index contributed by atoms with van der Waals surface area (Å²) in [5, 5.41) is 3.56. The molecule has 3 atom stereocenters. The maximum absolute atomic E-state index is 5.86. The van der Waals surface area contributed by atoms with Gasteiger partial charge in [0.2, 0.25) is 0 Å². The first-order valence-electron chi connectivity index (χ1n) is 6.42. The minimum Gasteiger partial charge on any atom is -0.375 e. The number of fused-ring (bicyclic) bond motifs is 2. The zero-order chi connectivity index (χ0) is 11.7. The van der Waals surface area contributed by atoms with Crippen LogP contribution in [0.3, 0.4) is 0 Å². The molecule has 92 valence electrons. The largest absolute Gasteiger partial charge is 0.375 e. The summed E-state index contributed by atoms with van der Waals surface area (Å²) in [5.74, 6) is 0.733. The highest BCUT2D eigenvalue weighted by molar-refractivity contribution is 9.10. The van der Waals surface area contributed by atoms with Gasteiger partial charge in [0.25, 0.3) is 0 Å². The van der Waals surface area contributed by atoms with E-state index in [9.17, 15) is 0 Å². The highest BCUT2D eigenvalue weighted by Gasteiger charge is 2.40. The molecule has 1 N–H and O–H groups in total. The van der Waals surface area contributed by atoms with Gasteiger partial charge < -0.3 is 10.1 Å². The summed E-state index contributed by atoms with van der Waals surface area (Å²) in [7, 11) is 0. The average molecular weight is 296 g/mol. The number of ether oxygens (including phenoxy) is 1. The topological polar surface area (TPSA) is 21.3 Å². The summed E-state index contributed by atoms with van der Waals surface area (Å²) in [6.07, 6.45) is 4.91. The Labute approximate surface area is 111 Å². The zero-order valence-corrected chi connectivity index (χ0v) is 11.4. The third kappa shape index (κ3) is 2.56. The SMILES string of the molecule is Brc1ccccc1CNCC1CC2CCC1O2. The molecule has 0 saturated carbocycles. The molecule has 3 rings (SSSR count). The van der Waals surface area contributed by atoms with Crippen LogP contribution in [0.25, 0.3) is 0 Å². The van der Waals surface area contributed by atoms with Crippen LogP contribution < -0.4 is 5.32 Å². The number of rotatable bonds is 4. The molecule has 0 amide bonds. The van der Waals surface area contributed by atoms with Crippen molar-refractivity contribution in [1.29, 1.82) is 0 Å². The summed E-state index contributed by atoms with van der Waals surface area (Å²) in [5.41, 5.74) is 1.33. The molecule has 3 heteroatoms. The minimum absolute atomic E-state index is 0.534. The number of hydrogen-bond donors (Lipinski definition) is 1. The van der Waals surface area contributed by atoms with Crippen molar-refractivity contribution in [2.75, 3.05) is 6.54 Å². The van der Waals surface area contributed by atoms with E-state index in [1.807, 2.05) is 0 Å². The summed E-state index contributed by atoms with van der Waals surface area (Å²) in [6.45, 7) is 2.03. The molecule has 2 heterocycles. The van der Waals surface area contributed by atoms with E-state index in [-0.39, 0.29) is 0 Å². The Morgan fingerprint density at radius 1 is 1.29 bits per heavy atom. The van der Waals surface area contributed by atoms with Crippen LogP contribution in [0.15, 0.2) is 28.7 Å². The predicted molar refractivity (Wildman–Crippen MR) is 71.9 cm³/mol. The highest BCUT2D eigenvalue weighted by Crippen LogP contribution is 2.38. The molecule has 0 spiro atoms. The van der Waals surface area contributed by atoms with Crippen molar-refractivity contribution in [2.45, 2.75) is 38.0 Å². The van der Waals surface area contributed by atoms with Gasteiger partial charge in [0.15, 0.2) is 0 Å². The fourth-order valence-corrected chi connectivity index (χ4v) is 3.42. The maximum atomic E-state index is 5.86. The van der Waals surface area contributed by atoms with E-state index < -0.39 is 0 Å². The molecular formula is C14H18BrNO. The molecule has 2 fully saturated rings. The van der Waals surface area contributed by atoms with Gasteiger partial charge >= 0.3 is 0 Å². The molecule has 2 nitrogen and oxygen atoms in total. The summed E-state index contributed by atoms with van der Waals surface area (Å²) in [4.78, 5) is 0. The van der Waals surface area contributed by atoms with Crippen LogP contribution in [0.5, 0.6) is 0 Å². The van der Waals surface area contributed by atoms with E-state index >= 15 is 0 Å². The molecule has 1 aromatic carbocycles. The molecule has 2 aliphatic heterocycles. The van der Waals surface area contributed by atoms with Crippen LogP contribution >= 0.6 is 15.9 Å². The number of halogens is 1. The number of hydrogen-bond acceptors (Lipinski definition) is 2. The van der Waals surface area contributed by atoms with Crippen LogP contribution in [-0.4, -0.2) is 18.8 Å². The second kappa shape index (κ2) is 5.09. The Bertz CT molecular complexity index is 396. The summed E-state index contributed by atoms with van der Waals surface area (Å²) < 4.78 is 7.05. The fraction of sp³-hybridized carbons (Fsp3) is 0.571. The van der Waals surface area contributed by atoms with E-state index in [1.165, 1.54) is 29.3 Å². The number of benzene rings is 1. The van der Waals surface area contributed by atoms with E-state index in [1.54, 1.807) is 0 Å². The van der Waals surface area contributed by atoms with Gasteiger partial charge in [0, 0.05) is 23.5 Å². The van der Waals surface area contributed by atoms with Crippen molar-refractivity contribution >= 4 is 15.9 Å². The monoisotopic (exact) mass is 295 g/mol. The molecule has 0 aliphatic carbocycles. The van der Waals surface area contributed by atoms with Gasteiger partial charge in [-0.05, 0) is 30.9 Å². The third-order valence-electron chi connectivity index (χ3n) is 3.91. The molecule has 2 bridgehead atoms. The Morgan fingerprint density at radius 3 is 2.88 bits per heavy atom. The first-order valence-corrected chi connectivity index (χ1v) is 7.22. The van der Waals surface area contributed by atoms with E-state index in [0.717, 1.165) is 19.0 Å². The van der Waals surface area contributed by atoms with Gasteiger partial charge in [-0.15, -0.1) is 0 Å². The molecule has 0 aromatic heterocycles. The Balaban J connectivity index is 1.48. The second-order valence-corrected chi connectivity index (χ2v) is 5.95. The van der Waals surface area contributed by atoms with Crippen LogP contribution in [0.4, 0.5) is 0 Å². The highest BCUT2D eigenvalue weighted by atomic mass is 79.9. The lowest BCUT2D eigenvalue weighted by atomic mass is 9.89. The lowest BCUT2D eigenvalue weighted by Crippen LogP contribution is -2.29. The van der Waals surface area contributed by atoms with Gasteiger partial charge in [-0.2, -0.15) is 0 Å². The van der Waals surface area contributed by atoms with E-state index in [4.69, 9.17) is 4.74 Å². The van der Waals surface area contributed by atoms with Crippen molar-refractivity contribution in [2.24, 2.45) is 5.92 Å². The first-order chi connectivity index (χ1) is 8.33.